The second-order valence-electron chi connectivity index (χ2n) is 4.69. The molecular formula is C14H18N4O2. The van der Waals surface area contributed by atoms with Crippen molar-refractivity contribution >= 4 is 11.4 Å². The van der Waals surface area contributed by atoms with E-state index < -0.39 is 0 Å². The molecule has 2 aromatic rings. The molecule has 0 saturated carbocycles. The molecule has 0 bridgehead atoms. The molecule has 0 aliphatic rings. The number of aromatic nitrogens is 2. The van der Waals surface area contributed by atoms with Gasteiger partial charge in [-0.2, -0.15) is 0 Å². The van der Waals surface area contributed by atoms with Gasteiger partial charge in [-0.25, -0.2) is 4.98 Å². The molecule has 2 rings (SSSR count). The Morgan fingerprint density at radius 2 is 2.25 bits per heavy atom. The van der Waals surface area contributed by atoms with Crippen molar-refractivity contribution in [2.75, 3.05) is 11.9 Å². The van der Waals surface area contributed by atoms with Crippen molar-refractivity contribution in [1.82, 2.24) is 9.55 Å². The van der Waals surface area contributed by atoms with Gasteiger partial charge in [-0.1, -0.05) is 0 Å². The number of hydrogen-bond acceptors (Lipinski definition) is 4. The monoisotopic (exact) mass is 274 g/mol. The summed E-state index contributed by atoms with van der Waals surface area (Å²) in [7, 11) is 0. The van der Waals surface area contributed by atoms with E-state index in [4.69, 9.17) is 0 Å². The first-order chi connectivity index (χ1) is 9.66. The van der Waals surface area contributed by atoms with Gasteiger partial charge in [0.1, 0.15) is 0 Å². The summed E-state index contributed by atoms with van der Waals surface area (Å²) in [6, 6.07) is 4.89. The fourth-order valence-electron chi connectivity index (χ4n) is 2.02. The number of anilines is 1. The quantitative estimate of drug-likeness (QED) is 0.478. The van der Waals surface area contributed by atoms with Crippen molar-refractivity contribution in [3.8, 4) is 0 Å². The third-order valence-electron chi connectivity index (χ3n) is 3.14. The Kier molecular flexibility index (Phi) is 4.70. The molecule has 0 aliphatic carbocycles. The van der Waals surface area contributed by atoms with Gasteiger partial charge < -0.3 is 9.88 Å². The zero-order chi connectivity index (χ0) is 14.4. The highest BCUT2D eigenvalue weighted by Crippen LogP contribution is 2.21. The lowest BCUT2D eigenvalue weighted by Gasteiger charge is -2.09. The van der Waals surface area contributed by atoms with Crippen molar-refractivity contribution in [2.24, 2.45) is 0 Å². The minimum absolute atomic E-state index is 0.133. The maximum absolute atomic E-state index is 10.7. The van der Waals surface area contributed by atoms with E-state index in [1.165, 1.54) is 6.07 Å². The van der Waals surface area contributed by atoms with E-state index in [1.807, 2.05) is 19.4 Å². The Labute approximate surface area is 117 Å². The van der Waals surface area contributed by atoms with Crippen molar-refractivity contribution in [3.05, 3.63) is 52.6 Å². The first-order valence-corrected chi connectivity index (χ1v) is 6.61. The Bertz CT molecular complexity index is 567. The molecule has 1 aromatic heterocycles. The van der Waals surface area contributed by atoms with Crippen molar-refractivity contribution < 1.29 is 4.92 Å². The molecule has 1 heterocycles. The molecule has 0 spiro atoms. The molecule has 0 fully saturated rings. The van der Waals surface area contributed by atoms with Crippen LogP contribution in [0.15, 0.2) is 36.9 Å². The number of rotatable bonds is 7. The SMILES string of the molecule is Cc1cc([N+](=O)[O-])ccc1NCCCCn1ccnc1. The number of nitro groups is 1. The minimum Gasteiger partial charge on any atom is -0.385 e. The van der Waals surface area contributed by atoms with Crippen LogP contribution >= 0.6 is 0 Å². The number of nitrogens with one attached hydrogen (secondary N) is 1. The Morgan fingerprint density at radius 3 is 2.90 bits per heavy atom. The van der Waals surface area contributed by atoms with Crippen LogP contribution in [-0.2, 0) is 6.54 Å². The van der Waals surface area contributed by atoms with E-state index in [2.05, 4.69) is 14.9 Å². The molecule has 106 valence electrons. The predicted octanol–water partition coefficient (Wildman–Crippen LogP) is 2.99. The Balaban J connectivity index is 1.75. The lowest BCUT2D eigenvalue weighted by molar-refractivity contribution is -0.384. The average molecular weight is 274 g/mol. The lowest BCUT2D eigenvalue weighted by Crippen LogP contribution is -2.05. The number of hydrogen-bond donors (Lipinski definition) is 1. The first kappa shape index (κ1) is 14.0. The van der Waals surface area contributed by atoms with E-state index >= 15 is 0 Å². The van der Waals surface area contributed by atoms with Crippen LogP contribution in [0.3, 0.4) is 0 Å². The zero-order valence-corrected chi connectivity index (χ0v) is 11.5. The lowest BCUT2D eigenvalue weighted by atomic mass is 10.1. The van der Waals surface area contributed by atoms with Gasteiger partial charge in [0.15, 0.2) is 0 Å². The van der Waals surface area contributed by atoms with Gasteiger partial charge in [0.2, 0.25) is 0 Å². The summed E-state index contributed by atoms with van der Waals surface area (Å²) in [4.78, 5) is 14.3. The largest absolute Gasteiger partial charge is 0.385 e. The third-order valence-corrected chi connectivity index (χ3v) is 3.14. The smallest absolute Gasteiger partial charge is 0.269 e. The fourth-order valence-corrected chi connectivity index (χ4v) is 2.02. The van der Waals surface area contributed by atoms with Crippen molar-refractivity contribution in [2.45, 2.75) is 26.3 Å². The molecule has 6 heteroatoms. The fraction of sp³-hybridized carbons (Fsp3) is 0.357. The van der Waals surface area contributed by atoms with Crippen LogP contribution in [0, 0.1) is 17.0 Å². The molecule has 1 N–H and O–H groups in total. The van der Waals surface area contributed by atoms with E-state index in [0.717, 1.165) is 37.2 Å². The Hall–Kier alpha value is -2.37. The first-order valence-electron chi connectivity index (χ1n) is 6.61. The Morgan fingerprint density at radius 1 is 1.40 bits per heavy atom. The highest BCUT2D eigenvalue weighted by Gasteiger charge is 2.07. The van der Waals surface area contributed by atoms with Crippen molar-refractivity contribution in [3.63, 3.8) is 0 Å². The molecule has 6 nitrogen and oxygen atoms in total. The van der Waals surface area contributed by atoms with Gasteiger partial charge in [-0.3, -0.25) is 10.1 Å². The number of benzene rings is 1. The van der Waals surface area contributed by atoms with Crippen LogP contribution in [0.2, 0.25) is 0 Å². The summed E-state index contributed by atoms with van der Waals surface area (Å²) in [6.07, 6.45) is 7.64. The normalized spacial score (nSPS) is 10.4. The van der Waals surface area contributed by atoms with Gasteiger partial charge in [0.25, 0.3) is 5.69 Å². The van der Waals surface area contributed by atoms with Crippen molar-refractivity contribution in [1.29, 1.82) is 0 Å². The second kappa shape index (κ2) is 6.70. The van der Waals surface area contributed by atoms with Crippen LogP contribution in [0.25, 0.3) is 0 Å². The molecule has 0 saturated heterocycles. The minimum atomic E-state index is -0.373. The number of aryl methyl sites for hydroxylation is 2. The molecule has 1 aromatic carbocycles. The van der Waals surface area contributed by atoms with Gasteiger partial charge >= 0.3 is 0 Å². The summed E-state index contributed by atoms with van der Waals surface area (Å²) in [5.74, 6) is 0. The molecule has 0 unspecified atom stereocenters. The average Bonchev–Trinajstić information content (AvgIpc) is 2.93. The summed E-state index contributed by atoms with van der Waals surface area (Å²) >= 11 is 0. The predicted molar refractivity (Wildman–Crippen MR) is 77.8 cm³/mol. The van der Waals surface area contributed by atoms with Crippen LogP contribution in [0.4, 0.5) is 11.4 Å². The maximum atomic E-state index is 10.7. The summed E-state index contributed by atoms with van der Waals surface area (Å²) < 4.78 is 2.05. The van der Waals surface area contributed by atoms with Gasteiger partial charge in [-0.15, -0.1) is 0 Å². The highest BCUT2D eigenvalue weighted by atomic mass is 16.6. The molecule has 0 radical (unpaired) electrons. The van der Waals surface area contributed by atoms with Crippen LogP contribution in [0.1, 0.15) is 18.4 Å². The molecule has 20 heavy (non-hydrogen) atoms. The summed E-state index contributed by atoms with van der Waals surface area (Å²) in [5, 5.41) is 14.0. The molecular weight excluding hydrogens is 256 g/mol. The highest BCUT2D eigenvalue weighted by molar-refractivity contribution is 5.55. The van der Waals surface area contributed by atoms with Crippen LogP contribution in [0.5, 0.6) is 0 Å². The van der Waals surface area contributed by atoms with E-state index in [0.29, 0.717) is 0 Å². The van der Waals surface area contributed by atoms with E-state index in [-0.39, 0.29) is 10.6 Å². The van der Waals surface area contributed by atoms with E-state index in [1.54, 1.807) is 18.3 Å². The van der Waals surface area contributed by atoms with Crippen LogP contribution in [-0.4, -0.2) is 21.0 Å². The number of nitro benzene ring substituents is 1. The third kappa shape index (κ3) is 3.81. The summed E-state index contributed by atoms with van der Waals surface area (Å²) in [5.41, 5.74) is 1.99. The number of nitrogens with zero attached hydrogens (tertiary/aromatic N) is 3. The van der Waals surface area contributed by atoms with Crippen LogP contribution < -0.4 is 5.32 Å². The van der Waals surface area contributed by atoms with Gasteiger partial charge in [0.05, 0.1) is 11.3 Å². The van der Waals surface area contributed by atoms with Gasteiger partial charge in [-0.05, 0) is 31.4 Å². The number of imidazole rings is 1. The molecule has 0 atom stereocenters. The van der Waals surface area contributed by atoms with Gasteiger partial charge in [0, 0.05) is 43.3 Å². The molecule has 0 aliphatic heterocycles. The van der Waals surface area contributed by atoms with E-state index in [9.17, 15) is 10.1 Å². The standard InChI is InChI=1S/C14H18N4O2/c1-12-10-13(18(19)20)4-5-14(12)16-6-2-3-8-17-9-7-15-11-17/h4-5,7,9-11,16H,2-3,6,8H2,1H3. The molecule has 0 amide bonds. The number of non-ortho nitro benzene ring substituents is 1. The maximum Gasteiger partial charge on any atom is 0.269 e. The second-order valence-corrected chi connectivity index (χ2v) is 4.69. The summed E-state index contributed by atoms with van der Waals surface area (Å²) in [6.45, 7) is 3.69. The number of unbranched alkanes of at least 4 members (excludes halogenated alkanes) is 1. The zero-order valence-electron chi connectivity index (χ0n) is 11.5. The topological polar surface area (TPSA) is 73.0 Å².